The van der Waals surface area contributed by atoms with Gasteiger partial charge in [-0.05, 0) is 49.1 Å². The third-order valence-electron chi connectivity index (χ3n) is 7.26. The molecule has 1 spiro atoms. The third-order valence-corrected chi connectivity index (χ3v) is 8.74. The zero-order valence-electron chi connectivity index (χ0n) is 19.6. The van der Waals surface area contributed by atoms with Crippen molar-refractivity contribution >= 4 is 46.9 Å². The summed E-state index contributed by atoms with van der Waals surface area (Å²) in [6, 6.07) is 4.02. The van der Waals surface area contributed by atoms with E-state index < -0.39 is 0 Å². The monoisotopic (exact) mass is 481 g/mol. The first kappa shape index (κ1) is 22.7. The maximum Gasteiger partial charge on any atom is 0.147 e. The van der Waals surface area contributed by atoms with Gasteiger partial charge in [-0.25, -0.2) is 15.0 Å². The summed E-state index contributed by atoms with van der Waals surface area (Å²) in [5.41, 5.74) is 3.28. The molecular weight excluding hydrogens is 450 g/mol. The van der Waals surface area contributed by atoms with E-state index in [1.807, 2.05) is 30.9 Å². The van der Waals surface area contributed by atoms with Gasteiger partial charge in [-0.15, -0.1) is 0 Å². The lowest BCUT2D eigenvalue weighted by Gasteiger charge is -2.39. The van der Waals surface area contributed by atoms with Gasteiger partial charge in [0.1, 0.15) is 10.8 Å². The first-order chi connectivity index (χ1) is 15.9. The second-order valence-corrected chi connectivity index (χ2v) is 11.5. The maximum atomic E-state index is 6.85. The van der Waals surface area contributed by atoms with E-state index in [2.05, 4.69) is 35.2 Å². The number of piperidine rings is 1. The summed E-state index contributed by atoms with van der Waals surface area (Å²) in [4.78, 5) is 19.4. The number of halogens is 1. The molecule has 0 bridgehead atoms. The topological polar surface area (TPSA) is 44.6 Å². The van der Waals surface area contributed by atoms with Crippen LogP contribution < -0.4 is 4.90 Å². The van der Waals surface area contributed by atoms with Crippen LogP contribution in [0.2, 0.25) is 5.02 Å². The summed E-state index contributed by atoms with van der Waals surface area (Å²) in [6.07, 6.45) is 13.9. The number of benzene rings is 1. The lowest BCUT2D eigenvalue weighted by Crippen LogP contribution is -2.39. The maximum absolute atomic E-state index is 6.85. The van der Waals surface area contributed by atoms with E-state index in [0.29, 0.717) is 16.4 Å². The fraction of sp³-hybridized carbons (Fsp3) is 0.500. The fourth-order valence-corrected chi connectivity index (χ4v) is 6.53. The van der Waals surface area contributed by atoms with Crippen LogP contribution in [0.15, 0.2) is 46.0 Å². The molecule has 2 fully saturated rings. The lowest BCUT2D eigenvalue weighted by molar-refractivity contribution is 0.226. The molecule has 1 saturated carbocycles. The Labute approximate surface area is 206 Å². The SMILES string of the molecule is C=C1c2c(ccc(Sc3cnc(N4CCC5(CCCC5)CC4)cn3)c2Cl)N=CN1CC(C)C. The average molecular weight is 482 g/mol. The minimum absolute atomic E-state index is 0.503. The van der Waals surface area contributed by atoms with Crippen LogP contribution >= 0.6 is 23.4 Å². The molecule has 2 aliphatic heterocycles. The molecule has 0 amide bonds. The summed E-state index contributed by atoms with van der Waals surface area (Å²) >= 11 is 8.39. The largest absolute Gasteiger partial charge is 0.355 e. The summed E-state index contributed by atoms with van der Waals surface area (Å²) in [5, 5.41) is 1.52. The Bertz CT molecular complexity index is 1050. The number of hydrogen-bond donors (Lipinski definition) is 0. The van der Waals surface area contributed by atoms with Crippen molar-refractivity contribution in [2.24, 2.45) is 16.3 Å². The third kappa shape index (κ3) is 4.65. The first-order valence-corrected chi connectivity index (χ1v) is 13.2. The van der Waals surface area contributed by atoms with Gasteiger partial charge >= 0.3 is 0 Å². The molecule has 0 radical (unpaired) electrons. The summed E-state index contributed by atoms with van der Waals surface area (Å²) in [6.45, 7) is 11.7. The van der Waals surface area contributed by atoms with E-state index in [1.165, 1.54) is 50.3 Å². The first-order valence-electron chi connectivity index (χ1n) is 12.0. The minimum Gasteiger partial charge on any atom is -0.355 e. The smallest absolute Gasteiger partial charge is 0.147 e. The highest BCUT2D eigenvalue weighted by Crippen LogP contribution is 2.47. The number of rotatable bonds is 5. The fourth-order valence-electron chi connectivity index (χ4n) is 5.38. The quantitative estimate of drug-likeness (QED) is 0.458. The molecule has 1 aromatic heterocycles. The molecule has 3 heterocycles. The van der Waals surface area contributed by atoms with E-state index in [4.69, 9.17) is 21.6 Å². The van der Waals surface area contributed by atoms with Crippen LogP contribution in [0.25, 0.3) is 5.70 Å². The average Bonchev–Trinajstić information content (AvgIpc) is 3.26. The van der Waals surface area contributed by atoms with E-state index in [1.54, 1.807) is 0 Å². The zero-order chi connectivity index (χ0) is 23.0. The van der Waals surface area contributed by atoms with Gasteiger partial charge in [0.05, 0.1) is 29.4 Å². The normalized spacial score (nSPS) is 19.6. The highest BCUT2D eigenvalue weighted by Gasteiger charge is 2.37. The van der Waals surface area contributed by atoms with Crippen molar-refractivity contribution in [2.75, 3.05) is 24.5 Å². The van der Waals surface area contributed by atoms with Gasteiger partial charge in [-0.1, -0.05) is 56.6 Å². The molecule has 3 aliphatic rings. The number of anilines is 1. The van der Waals surface area contributed by atoms with Crippen molar-refractivity contribution in [3.05, 3.63) is 41.7 Å². The second kappa shape index (κ2) is 9.30. The Balaban J connectivity index is 1.28. The van der Waals surface area contributed by atoms with Crippen LogP contribution in [0.3, 0.4) is 0 Å². The van der Waals surface area contributed by atoms with Crippen LogP contribution in [-0.4, -0.2) is 40.8 Å². The van der Waals surface area contributed by atoms with Crippen molar-refractivity contribution in [2.45, 2.75) is 62.3 Å². The lowest BCUT2D eigenvalue weighted by atomic mass is 9.77. The van der Waals surface area contributed by atoms with E-state index in [0.717, 1.165) is 52.3 Å². The number of fused-ring (bicyclic) bond motifs is 1. The van der Waals surface area contributed by atoms with Crippen LogP contribution in [-0.2, 0) is 0 Å². The van der Waals surface area contributed by atoms with Crippen molar-refractivity contribution in [1.82, 2.24) is 14.9 Å². The standard InChI is InChI=1S/C26H32ClN5S/c1-18(2)16-32-17-30-20-6-7-21(25(27)24(20)19(32)3)33-23-15-28-22(14-29-23)31-12-10-26(11-13-31)8-4-5-9-26/h6-7,14-15,17-18H,3-5,8-13,16H2,1-2H3. The predicted octanol–water partition coefficient (Wildman–Crippen LogP) is 7.04. The van der Waals surface area contributed by atoms with Crippen LogP contribution in [0, 0.1) is 11.3 Å². The number of nitrogens with zero attached hydrogens (tertiary/aromatic N) is 5. The Morgan fingerprint density at radius 3 is 2.52 bits per heavy atom. The molecule has 0 atom stereocenters. The van der Waals surface area contributed by atoms with Crippen LogP contribution in [0.1, 0.15) is 57.9 Å². The number of aromatic nitrogens is 2. The molecule has 1 aliphatic carbocycles. The summed E-state index contributed by atoms with van der Waals surface area (Å²) in [5.74, 6) is 1.49. The van der Waals surface area contributed by atoms with E-state index in [-0.39, 0.29) is 0 Å². The highest BCUT2D eigenvalue weighted by atomic mass is 35.5. The second-order valence-electron chi connectivity index (χ2n) is 10.0. The molecule has 5 nitrogen and oxygen atoms in total. The van der Waals surface area contributed by atoms with Gasteiger partial charge in [0.15, 0.2) is 0 Å². The van der Waals surface area contributed by atoms with Crippen LogP contribution in [0.5, 0.6) is 0 Å². The summed E-state index contributed by atoms with van der Waals surface area (Å²) < 4.78 is 0. The van der Waals surface area contributed by atoms with E-state index >= 15 is 0 Å². The molecule has 7 heteroatoms. The molecule has 0 unspecified atom stereocenters. The van der Waals surface area contributed by atoms with Crippen molar-refractivity contribution < 1.29 is 0 Å². The van der Waals surface area contributed by atoms with Crippen molar-refractivity contribution in [3.63, 3.8) is 0 Å². The predicted molar refractivity (Wildman–Crippen MR) is 139 cm³/mol. The Kier molecular flexibility index (Phi) is 6.41. The highest BCUT2D eigenvalue weighted by molar-refractivity contribution is 7.99. The van der Waals surface area contributed by atoms with Gasteiger partial charge in [-0.3, -0.25) is 0 Å². The van der Waals surface area contributed by atoms with E-state index in [9.17, 15) is 0 Å². The Morgan fingerprint density at radius 2 is 1.85 bits per heavy atom. The Morgan fingerprint density at radius 1 is 1.09 bits per heavy atom. The Hall–Kier alpha value is -2.05. The van der Waals surface area contributed by atoms with Gasteiger partial charge in [0.2, 0.25) is 0 Å². The molecule has 0 N–H and O–H groups in total. The molecule has 2 aromatic rings. The number of aliphatic imine (C=N–C) groups is 1. The molecule has 5 rings (SSSR count). The molecule has 1 saturated heterocycles. The molecular formula is C26H32ClN5S. The van der Waals surface area contributed by atoms with Crippen molar-refractivity contribution in [1.29, 1.82) is 0 Å². The van der Waals surface area contributed by atoms with Gasteiger partial charge in [-0.2, -0.15) is 0 Å². The molecule has 33 heavy (non-hydrogen) atoms. The minimum atomic E-state index is 0.503. The molecule has 174 valence electrons. The zero-order valence-corrected chi connectivity index (χ0v) is 21.1. The van der Waals surface area contributed by atoms with Gasteiger partial charge in [0.25, 0.3) is 0 Å². The summed E-state index contributed by atoms with van der Waals surface area (Å²) in [7, 11) is 0. The van der Waals surface area contributed by atoms with Gasteiger partial charge in [0, 0.05) is 35.8 Å². The number of hydrogen-bond acceptors (Lipinski definition) is 6. The van der Waals surface area contributed by atoms with Crippen LogP contribution in [0.4, 0.5) is 11.5 Å². The van der Waals surface area contributed by atoms with Crippen molar-refractivity contribution in [3.8, 4) is 0 Å². The van der Waals surface area contributed by atoms with Gasteiger partial charge < -0.3 is 9.80 Å². The molecule has 1 aromatic carbocycles.